The zero-order valence-corrected chi connectivity index (χ0v) is 10.0. The van der Waals surface area contributed by atoms with Gasteiger partial charge in [0, 0.05) is 0 Å². The molecule has 0 aromatic heterocycles. The van der Waals surface area contributed by atoms with Crippen molar-refractivity contribution < 1.29 is 24.1 Å². The number of amides is 1. The number of ether oxygens (including phenoxy) is 3. The lowest BCUT2D eigenvalue weighted by molar-refractivity contribution is 0.157. The molecule has 0 spiro atoms. The molecule has 0 radical (unpaired) electrons. The summed E-state index contributed by atoms with van der Waals surface area (Å²) in [4.78, 5) is 11.1. The highest BCUT2D eigenvalue weighted by Crippen LogP contribution is 2.32. The van der Waals surface area contributed by atoms with Crippen LogP contribution in [0.1, 0.15) is 5.56 Å². The van der Waals surface area contributed by atoms with E-state index in [1.807, 2.05) is 18.2 Å². The molecule has 0 fully saturated rings. The summed E-state index contributed by atoms with van der Waals surface area (Å²) < 4.78 is 15.0. The van der Waals surface area contributed by atoms with Gasteiger partial charge in [-0.15, -0.1) is 0 Å². The van der Waals surface area contributed by atoms with E-state index >= 15 is 0 Å². The SMILES string of the molecule is COC(=O)N[C@@H](CO)Cc1ccc2c(c1)OCO2. The van der Waals surface area contributed by atoms with Crippen LogP contribution < -0.4 is 14.8 Å². The normalized spacial score (nSPS) is 14.1. The molecule has 6 nitrogen and oxygen atoms in total. The number of fused-ring (bicyclic) bond motifs is 1. The van der Waals surface area contributed by atoms with Gasteiger partial charge in [-0.2, -0.15) is 0 Å². The van der Waals surface area contributed by atoms with Crippen LogP contribution in [-0.4, -0.2) is 37.8 Å². The summed E-state index contributed by atoms with van der Waals surface area (Å²) in [6, 6.07) is 5.13. The Morgan fingerprint density at radius 3 is 3.00 bits per heavy atom. The highest BCUT2D eigenvalue weighted by molar-refractivity contribution is 5.67. The van der Waals surface area contributed by atoms with Crippen LogP contribution in [0.4, 0.5) is 4.79 Å². The zero-order chi connectivity index (χ0) is 13.0. The van der Waals surface area contributed by atoms with Gasteiger partial charge < -0.3 is 24.6 Å². The summed E-state index contributed by atoms with van der Waals surface area (Å²) in [6.45, 7) is 0.0617. The van der Waals surface area contributed by atoms with E-state index in [9.17, 15) is 9.90 Å². The molecule has 0 bridgehead atoms. The van der Waals surface area contributed by atoms with Crippen LogP contribution in [0.25, 0.3) is 0 Å². The Balaban J connectivity index is 2.01. The van der Waals surface area contributed by atoms with Crippen molar-refractivity contribution in [3.8, 4) is 11.5 Å². The number of hydrogen-bond acceptors (Lipinski definition) is 5. The molecule has 0 aliphatic carbocycles. The fourth-order valence-corrected chi connectivity index (χ4v) is 1.74. The molecule has 18 heavy (non-hydrogen) atoms. The number of carbonyl (C=O) groups excluding carboxylic acids is 1. The fraction of sp³-hybridized carbons (Fsp3) is 0.417. The number of rotatable bonds is 4. The molecule has 1 aliphatic rings. The van der Waals surface area contributed by atoms with Crippen molar-refractivity contribution in [2.24, 2.45) is 0 Å². The van der Waals surface area contributed by atoms with Crippen LogP contribution in [0, 0.1) is 0 Å². The number of aliphatic hydroxyl groups is 1. The standard InChI is InChI=1S/C12H15NO5/c1-16-12(15)13-9(6-14)4-8-2-3-10-11(5-8)18-7-17-10/h2-3,5,9,14H,4,6-7H2,1H3,(H,13,15)/t9-/m1/s1. The first-order chi connectivity index (χ1) is 8.72. The molecular formula is C12H15NO5. The molecule has 1 aliphatic heterocycles. The third-order valence-electron chi connectivity index (χ3n) is 2.65. The van der Waals surface area contributed by atoms with E-state index in [0.29, 0.717) is 17.9 Å². The second-order valence-corrected chi connectivity index (χ2v) is 3.91. The van der Waals surface area contributed by atoms with Gasteiger partial charge in [-0.3, -0.25) is 0 Å². The average Bonchev–Trinajstić information content (AvgIpc) is 2.85. The second-order valence-electron chi connectivity index (χ2n) is 3.91. The van der Waals surface area contributed by atoms with E-state index in [0.717, 1.165) is 5.56 Å². The first-order valence-electron chi connectivity index (χ1n) is 5.57. The van der Waals surface area contributed by atoms with Gasteiger partial charge in [0.15, 0.2) is 11.5 Å². The van der Waals surface area contributed by atoms with Crippen LogP contribution in [-0.2, 0) is 11.2 Å². The molecule has 1 amide bonds. The Kier molecular flexibility index (Phi) is 3.88. The summed E-state index contributed by atoms with van der Waals surface area (Å²) in [5.41, 5.74) is 0.940. The molecule has 1 atom stereocenters. The van der Waals surface area contributed by atoms with Crippen molar-refractivity contribution in [2.75, 3.05) is 20.5 Å². The molecular weight excluding hydrogens is 238 g/mol. The Bertz CT molecular complexity index is 434. The number of carbonyl (C=O) groups is 1. The van der Waals surface area contributed by atoms with E-state index < -0.39 is 12.1 Å². The minimum atomic E-state index is -0.560. The summed E-state index contributed by atoms with van der Waals surface area (Å²) in [7, 11) is 1.28. The molecule has 1 aromatic carbocycles. The minimum absolute atomic E-state index is 0.163. The predicted molar refractivity (Wildman–Crippen MR) is 62.7 cm³/mol. The van der Waals surface area contributed by atoms with Crippen molar-refractivity contribution in [2.45, 2.75) is 12.5 Å². The minimum Gasteiger partial charge on any atom is -0.454 e. The number of alkyl carbamates (subject to hydrolysis) is 1. The maximum atomic E-state index is 11.1. The smallest absolute Gasteiger partial charge is 0.407 e. The number of methoxy groups -OCH3 is 1. The lowest BCUT2D eigenvalue weighted by Crippen LogP contribution is -2.38. The van der Waals surface area contributed by atoms with Crippen molar-refractivity contribution in [1.82, 2.24) is 5.32 Å². The lowest BCUT2D eigenvalue weighted by Gasteiger charge is -2.15. The molecule has 1 aromatic rings. The summed E-state index contributed by atoms with van der Waals surface area (Å²) in [5.74, 6) is 1.39. The van der Waals surface area contributed by atoms with Crippen LogP contribution in [0.5, 0.6) is 11.5 Å². The van der Waals surface area contributed by atoms with Gasteiger partial charge in [-0.05, 0) is 24.1 Å². The van der Waals surface area contributed by atoms with Crippen LogP contribution in [0.3, 0.4) is 0 Å². The number of aliphatic hydroxyl groups excluding tert-OH is 1. The van der Waals surface area contributed by atoms with Crippen molar-refractivity contribution in [3.05, 3.63) is 23.8 Å². The van der Waals surface area contributed by atoms with Crippen LogP contribution in [0.15, 0.2) is 18.2 Å². The summed E-state index contributed by atoms with van der Waals surface area (Å²) in [5, 5.41) is 11.7. The van der Waals surface area contributed by atoms with E-state index in [1.54, 1.807) is 0 Å². The topological polar surface area (TPSA) is 77.0 Å². The third kappa shape index (κ3) is 2.84. The maximum absolute atomic E-state index is 11.1. The molecule has 0 saturated heterocycles. The first kappa shape index (κ1) is 12.5. The summed E-state index contributed by atoms with van der Waals surface area (Å²) in [6.07, 6.45) is -0.0720. The van der Waals surface area contributed by atoms with E-state index in [4.69, 9.17) is 9.47 Å². The van der Waals surface area contributed by atoms with E-state index in [1.165, 1.54) is 7.11 Å². The molecule has 2 N–H and O–H groups in total. The summed E-state index contributed by atoms with van der Waals surface area (Å²) >= 11 is 0. The molecule has 98 valence electrons. The van der Waals surface area contributed by atoms with Gasteiger partial charge in [0.2, 0.25) is 6.79 Å². The molecule has 6 heteroatoms. The maximum Gasteiger partial charge on any atom is 0.407 e. The monoisotopic (exact) mass is 253 g/mol. The van der Waals surface area contributed by atoms with Crippen molar-refractivity contribution in [1.29, 1.82) is 0 Å². The average molecular weight is 253 g/mol. The number of hydrogen-bond donors (Lipinski definition) is 2. The van der Waals surface area contributed by atoms with Crippen molar-refractivity contribution >= 4 is 6.09 Å². The highest BCUT2D eigenvalue weighted by Gasteiger charge is 2.16. The first-order valence-corrected chi connectivity index (χ1v) is 5.57. The van der Waals surface area contributed by atoms with Gasteiger partial charge in [-0.1, -0.05) is 6.07 Å². The van der Waals surface area contributed by atoms with Gasteiger partial charge >= 0.3 is 6.09 Å². The molecule has 0 unspecified atom stereocenters. The van der Waals surface area contributed by atoms with Gasteiger partial charge in [0.1, 0.15) is 0 Å². The molecule has 2 rings (SSSR count). The van der Waals surface area contributed by atoms with Crippen molar-refractivity contribution in [3.63, 3.8) is 0 Å². The molecule has 0 saturated carbocycles. The predicted octanol–water partition coefficient (Wildman–Crippen LogP) is 0.675. The Morgan fingerprint density at radius 2 is 2.28 bits per heavy atom. The fourth-order valence-electron chi connectivity index (χ4n) is 1.74. The van der Waals surface area contributed by atoms with E-state index in [-0.39, 0.29) is 13.4 Å². The quantitative estimate of drug-likeness (QED) is 0.825. The second kappa shape index (κ2) is 5.59. The third-order valence-corrected chi connectivity index (χ3v) is 2.65. The van der Waals surface area contributed by atoms with Crippen LogP contribution >= 0.6 is 0 Å². The van der Waals surface area contributed by atoms with Crippen LogP contribution in [0.2, 0.25) is 0 Å². The molecule has 1 heterocycles. The Labute approximate surface area is 104 Å². The van der Waals surface area contributed by atoms with E-state index in [2.05, 4.69) is 10.1 Å². The number of benzene rings is 1. The van der Waals surface area contributed by atoms with Gasteiger partial charge in [0.05, 0.1) is 19.8 Å². The largest absolute Gasteiger partial charge is 0.454 e. The number of nitrogens with one attached hydrogen (secondary N) is 1. The lowest BCUT2D eigenvalue weighted by atomic mass is 10.1. The van der Waals surface area contributed by atoms with Gasteiger partial charge in [-0.25, -0.2) is 4.79 Å². The highest BCUT2D eigenvalue weighted by atomic mass is 16.7. The Morgan fingerprint density at radius 1 is 1.50 bits per heavy atom. The van der Waals surface area contributed by atoms with Gasteiger partial charge in [0.25, 0.3) is 0 Å². The Hall–Kier alpha value is -1.95. The zero-order valence-electron chi connectivity index (χ0n) is 10.0.